The van der Waals surface area contributed by atoms with Gasteiger partial charge in [0.25, 0.3) is 0 Å². The molecule has 8 heteroatoms. The molecule has 0 spiro atoms. The van der Waals surface area contributed by atoms with Crippen LogP contribution in [0.4, 0.5) is 5.69 Å². The van der Waals surface area contributed by atoms with E-state index in [1.807, 2.05) is 19.9 Å². The van der Waals surface area contributed by atoms with Crippen molar-refractivity contribution in [1.29, 1.82) is 0 Å². The zero-order chi connectivity index (χ0) is 23.6. The number of hydrogen-bond donors (Lipinski definition) is 1. The Kier molecular flexibility index (Phi) is 6.21. The molecule has 1 N–H and O–H groups in total. The van der Waals surface area contributed by atoms with E-state index >= 15 is 0 Å². The van der Waals surface area contributed by atoms with Crippen LogP contribution in [-0.4, -0.2) is 29.0 Å². The van der Waals surface area contributed by atoms with Crippen LogP contribution < -0.4 is 10.1 Å². The van der Waals surface area contributed by atoms with Crippen LogP contribution in [0, 0.1) is 20.8 Å². The van der Waals surface area contributed by atoms with Gasteiger partial charge in [0.05, 0.1) is 4.90 Å². The van der Waals surface area contributed by atoms with Gasteiger partial charge in [-0.1, -0.05) is 25.0 Å². The lowest BCUT2D eigenvalue weighted by Crippen LogP contribution is -2.47. The summed E-state index contributed by atoms with van der Waals surface area (Å²) < 4.78 is 31.8. The van der Waals surface area contributed by atoms with Crippen LogP contribution in [0.5, 0.6) is 11.8 Å². The fourth-order valence-electron chi connectivity index (χ4n) is 4.29. The van der Waals surface area contributed by atoms with Crippen molar-refractivity contribution < 1.29 is 17.9 Å². The summed E-state index contributed by atoms with van der Waals surface area (Å²) in [5.74, 6) is 0.0411. The normalized spacial score (nSPS) is 15.2. The number of aromatic nitrogens is 2. The van der Waals surface area contributed by atoms with Crippen molar-refractivity contribution >= 4 is 21.4 Å². The standard InChI is InChI=1S/C25H27N3O4S/c1-17-7-8-18(2)22(15-17)33(30,31)25(11-4-5-12-25)23(29)28-21-10-9-20(16-19(21)3)32-24-26-13-6-14-27-24/h6-10,13-16H,4-5,11-12H2,1-3H3,(H,28,29). The van der Waals surface area contributed by atoms with Gasteiger partial charge in [0.1, 0.15) is 5.75 Å². The van der Waals surface area contributed by atoms with Crippen LogP contribution in [0.2, 0.25) is 0 Å². The van der Waals surface area contributed by atoms with Crippen LogP contribution in [0.1, 0.15) is 42.4 Å². The van der Waals surface area contributed by atoms with Crippen LogP contribution in [-0.2, 0) is 14.6 Å². The maximum Gasteiger partial charge on any atom is 0.321 e. The summed E-state index contributed by atoms with van der Waals surface area (Å²) in [6.45, 7) is 5.45. The number of rotatable bonds is 6. The summed E-state index contributed by atoms with van der Waals surface area (Å²) in [6.07, 6.45) is 5.17. The van der Waals surface area contributed by atoms with Gasteiger partial charge < -0.3 is 10.1 Å². The minimum Gasteiger partial charge on any atom is -0.424 e. The molecule has 0 radical (unpaired) electrons. The number of nitrogens with one attached hydrogen (secondary N) is 1. The first-order valence-corrected chi connectivity index (χ1v) is 12.4. The van der Waals surface area contributed by atoms with E-state index in [2.05, 4.69) is 15.3 Å². The number of aryl methyl sites for hydroxylation is 3. The van der Waals surface area contributed by atoms with E-state index in [9.17, 15) is 13.2 Å². The van der Waals surface area contributed by atoms with Gasteiger partial charge in [0.2, 0.25) is 5.91 Å². The molecule has 1 aliphatic rings. The number of carbonyl (C=O) groups is 1. The van der Waals surface area contributed by atoms with Gasteiger partial charge in [0.15, 0.2) is 14.6 Å². The number of amides is 1. The van der Waals surface area contributed by atoms with Gasteiger partial charge in [-0.2, -0.15) is 0 Å². The van der Waals surface area contributed by atoms with E-state index in [1.54, 1.807) is 55.7 Å². The Morgan fingerprint density at radius 2 is 1.67 bits per heavy atom. The van der Waals surface area contributed by atoms with E-state index in [0.29, 0.717) is 42.7 Å². The molecule has 1 aromatic heterocycles. The molecule has 1 heterocycles. The smallest absolute Gasteiger partial charge is 0.321 e. The molecule has 2 aromatic carbocycles. The van der Waals surface area contributed by atoms with Crippen molar-refractivity contribution in [3.05, 3.63) is 71.5 Å². The van der Waals surface area contributed by atoms with Crippen molar-refractivity contribution in [2.45, 2.75) is 56.1 Å². The number of anilines is 1. The summed E-state index contributed by atoms with van der Waals surface area (Å²) in [7, 11) is -3.89. The van der Waals surface area contributed by atoms with Gasteiger partial charge >= 0.3 is 6.01 Å². The van der Waals surface area contributed by atoms with Crippen LogP contribution in [0.15, 0.2) is 59.8 Å². The van der Waals surface area contributed by atoms with Crippen molar-refractivity contribution in [1.82, 2.24) is 9.97 Å². The Labute approximate surface area is 194 Å². The lowest BCUT2D eigenvalue weighted by atomic mass is 10.1. The Morgan fingerprint density at radius 3 is 2.33 bits per heavy atom. The molecule has 172 valence electrons. The highest BCUT2D eigenvalue weighted by Crippen LogP contribution is 2.42. The first-order chi connectivity index (χ1) is 15.7. The molecule has 1 fully saturated rings. The molecular weight excluding hydrogens is 438 g/mol. The molecule has 1 amide bonds. The largest absolute Gasteiger partial charge is 0.424 e. The predicted molar refractivity (Wildman–Crippen MR) is 126 cm³/mol. The summed E-state index contributed by atoms with van der Waals surface area (Å²) in [6, 6.07) is 12.4. The Bertz CT molecular complexity index is 1280. The van der Waals surface area contributed by atoms with Gasteiger partial charge in [-0.3, -0.25) is 4.79 Å². The zero-order valence-electron chi connectivity index (χ0n) is 19.0. The van der Waals surface area contributed by atoms with Gasteiger partial charge in [0, 0.05) is 18.1 Å². The number of hydrogen-bond acceptors (Lipinski definition) is 6. The zero-order valence-corrected chi connectivity index (χ0v) is 19.8. The highest BCUT2D eigenvalue weighted by molar-refractivity contribution is 7.93. The molecular formula is C25H27N3O4S. The number of sulfone groups is 1. The van der Waals surface area contributed by atoms with Gasteiger partial charge in [-0.05, 0) is 80.6 Å². The van der Waals surface area contributed by atoms with E-state index in [0.717, 1.165) is 11.1 Å². The molecule has 4 rings (SSSR count). The third kappa shape index (κ3) is 4.35. The number of ether oxygens (including phenoxy) is 1. The van der Waals surface area contributed by atoms with E-state index in [-0.39, 0.29) is 10.9 Å². The van der Waals surface area contributed by atoms with Crippen molar-refractivity contribution in [2.24, 2.45) is 0 Å². The number of carbonyl (C=O) groups excluding carboxylic acids is 1. The monoisotopic (exact) mass is 465 g/mol. The van der Waals surface area contributed by atoms with Crippen molar-refractivity contribution in [2.75, 3.05) is 5.32 Å². The van der Waals surface area contributed by atoms with E-state index in [1.165, 1.54) is 0 Å². The lowest BCUT2D eigenvalue weighted by Gasteiger charge is -2.29. The second kappa shape index (κ2) is 8.94. The number of benzene rings is 2. The maximum absolute atomic E-state index is 13.8. The maximum atomic E-state index is 13.8. The molecule has 3 aromatic rings. The second-order valence-corrected chi connectivity index (χ2v) is 10.8. The fraction of sp³-hybridized carbons (Fsp3) is 0.320. The minimum atomic E-state index is -3.89. The minimum absolute atomic E-state index is 0.221. The van der Waals surface area contributed by atoms with Gasteiger partial charge in [-0.25, -0.2) is 18.4 Å². The quantitative estimate of drug-likeness (QED) is 0.555. The third-order valence-corrected chi connectivity index (χ3v) is 8.81. The van der Waals surface area contributed by atoms with Crippen LogP contribution >= 0.6 is 0 Å². The molecule has 1 saturated carbocycles. The Balaban J connectivity index is 1.62. The summed E-state index contributed by atoms with van der Waals surface area (Å²) in [4.78, 5) is 21.8. The SMILES string of the molecule is Cc1ccc(C)c(S(=O)(=O)C2(C(=O)Nc3ccc(Oc4ncccn4)cc3C)CCCC2)c1. The second-order valence-electron chi connectivity index (χ2n) is 8.54. The number of nitrogens with zero attached hydrogens (tertiary/aromatic N) is 2. The topological polar surface area (TPSA) is 98.2 Å². The van der Waals surface area contributed by atoms with E-state index in [4.69, 9.17) is 4.74 Å². The molecule has 0 saturated heterocycles. The lowest BCUT2D eigenvalue weighted by molar-refractivity contribution is -0.118. The van der Waals surface area contributed by atoms with E-state index < -0.39 is 20.5 Å². The Hall–Kier alpha value is -3.26. The first kappa shape index (κ1) is 22.9. The van der Waals surface area contributed by atoms with Crippen LogP contribution in [0.3, 0.4) is 0 Å². The molecule has 33 heavy (non-hydrogen) atoms. The molecule has 1 aliphatic carbocycles. The summed E-state index contributed by atoms with van der Waals surface area (Å²) in [5.41, 5.74) is 2.79. The van der Waals surface area contributed by atoms with Gasteiger partial charge in [-0.15, -0.1) is 0 Å². The van der Waals surface area contributed by atoms with Crippen LogP contribution in [0.25, 0.3) is 0 Å². The fourth-order valence-corrected chi connectivity index (χ4v) is 6.67. The Morgan fingerprint density at radius 1 is 0.970 bits per heavy atom. The highest BCUT2D eigenvalue weighted by Gasteiger charge is 2.53. The summed E-state index contributed by atoms with van der Waals surface area (Å²) in [5, 5.41) is 2.89. The van der Waals surface area contributed by atoms with Crippen molar-refractivity contribution in [3.8, 4) is 11.8 Å². The third-order valence-electron chi connectivity index (χ3n) is 6.17. The van der Waals surface area contributed by atoms with Crippen molar-refractivity contribution in [3.63, 3.8) is 0 Å². The molecule has 7 nitrogen and oxygen atoms in total. The first-order valence-electron chi connectivity index (χ1n) is 10.9. The molecule has 0 bridgehead atoms. The average Bonchev–Trinajstić information content (AvgIpc) is 3.30. The predicted octanol–water partition coefficient (Wildman–Crippen LogP) is 4.92. The molecule has 0 aliphatic heterocycles. The molecule has 0 atom stereocenters. The molecule has 0 unspecified atom stereocenters. The average molecular weight is 466 g/mol. The highest BCUT2D eigenvalue weighted by atomic mass is 32.2. The summed E-state index contributed by atoms with van der Waals surface area (Å²) >= 11 is 0.